The number of rotatable bonds is 3. The van der Waals surface area contributed by atoms with Gasteiger partial charge in [0.05, 0.1) is 31.6 Å². The molecule has 0 N–H and O–H groups in total. The van der Waals surface area contributed by atoms with Crippen molar-refractivity contribution in [2.75, 3.05) is 6.61 Å². The maximum atomic E-state index is 12.2. The Balaban J connectivity index is 2.03. The average Bonchev–Trinajstić information content (AvgIpc) is 3.12. The number of carbonyl (C=O) groups excluding carboxylic acids is 2. The fourth-order valence-corrected chi connectivity index (χ4v) is 4.14. The number of aryl methyl sites for hydroxylation is 1. The lowest BCUT2D eigenvalue weighted by atomic mass is 10.2. The van der Waals surface area contributed by atoms with Crippen molar-refractivity contribution in [2.45, 2.75) is 6.92 Å². The molecule has 0 saturated heterocycles. The van der Waals surface area contributed by atoms with Crippen LogP contribution < -0.4 is 4.80 Å². The number of benzene rings is 1. The molecular formula is C16H13ClN2O3S2. The van der Waals surface area contributed by atoms with E-state index in [0.29, 0.717) is 26.2 Å². The molecule has 0 radical (unpaired) electrons. The Bertz CT molecular complexity index is 1000. The molecule has 0 aliphatic heterocycles. The minimum atomic E-state index is -0.363. The van der Waals surface area contributed by atoms with Crippen molar-refractivity contribution >= 4 is 56.4 Å². The Morgan fingerprint density at radius 3 is 2.71 bits per heavy atom. The van der Waals surface area contributed by atoms with Crippen LogP contribution in [0.3, 0.4) is 0 Å². The van der Waals surface area contributed by atoms with E-state index in [1.807, 2.05) is 17.7 Å². The zero-order chi connectivity index (χ0) is 17.3. The zero-order valence-electron chi connectivity index (χ0n) is 12.9. The average molecular weight is 381 g/mol. The number of thiophene rings is 1. The van der Waals surface area contributed by atoms with Gasteiger partial charge in [0.15, 0.2) is 4.80 Å². The summed E-state index contributed by atoms with van der Waals surface area (Å²) in [4.78, 5) is 29.3. The van der Waals surface area contributed by atoms with Crippen LogP contribution in [0.15, 0.2) is 35.3 Å². The van der Waals surface area contributed by atoms with Crippen molar-refractivity contribution in [3.8, 4) is 0 Å². The number of halogens is 1. The molecule has 0 aliphatic rings. The number of aromatic nitrogens is 1. The van der Waals surface area contributed by atoms with Crippen LogP contribution in [0.2, 0.25) is 4.34 Å². The lowest BCUT2D eigenvalue weighted by Gasteiger charge is -2.01. The van der Waals surface area contributed by atoms with Crippen LogP contribution >= 0.6 is 34.3 Å². The van der Waals surface area contributed by atoms with Gasteiger partial charge in [-0.05, 0) is 37.3 Å². The van der Waals surface area contributed by atoms with Gasteiger partial charge in [-0.1, -0.05) is 22.9 Å². The molecule has 1 aromatic carbocycles. The quantitative estimate of drug-likeness (QED) is 0.648. The highest BCUT2D eigenvalue weighted by Gasteiger charge is 2.12. The molecule has 2 aromatic heterocycles. The third kappa shape index (κ3) is 3.28. The standard InChI is InChI=1S/C16H13ClN2O3S2/c1-3-22-15(21)9-4-5-10-12(8-9)24-16(19(10)2)18-14(20)11-6-7-13(17)23-11/h4-8H,3H2,1-2H3. The summed E-state index contributed by atoms with van der Waals surface area (Å²) in [6, 6.07) is 8.61. The molecule has 5 nitrogen and oxygen atoms in total. The summed E-state index contributed by atoms with van der Waals surface area (Å²) in [5, 5.41) is 0. The molecule has 1 amide bonds. The first-order chi connectivity index (χ1) is 11.5. The minimum absolute atomic E-state index is 0.327. The first kappa shape index (κ1) is 16.9. The van der Waals surface area contributed by atoms with Crippen LogP contribution in [0, 0.1) is 0 Å². The largest absolute Gasteiger partial charge is 0.462 e. The number of ether oxygens (including phenoxy) is 1. The number of fused-ring (bicyclic) bond motifs is 1. The van der Waals surface area contributed by atoms with Crippen molar-refractivity contribution in [3.63, 3.8) is 0 Å². The summed E-state index contributed by atoms with van der Waals surface area (Å²) >= 11 is 8.39. The van der Waals surface area contributed by atoms with Crippen LogP contribution in [-0.4, -0.2) is 23.1 Å². The highest BCUT2D eigenvalue weighted by Crippen LogP contribution is 2.22. The highest BCUT2D eigenvalue weighted by atomic mass is 35.5. The summed E-state index contributed by atoms with van der Waals surface area (Å²) in [7, 11) is 1.83. The van der Waals surface area contributed by atoms with Gasteiger partial charge < -0.3 is 9.30 Å². The van der Waals surface area contributed by atoms with Gasteiger partial charge in [0, 0.05) is 7.05 Å². The molecule has 24 heavy (non-hydrogen) atoms. The number of carbonyl (C=O) groups is 2. The third-order valence-electron chi connectivity index (χ3n) is 3.30. The Kier molecular flexibility index (Phi) is 4.84. The van der Waals surface area contributed by atoms with E-state index >= 15 is 0 Å². The van der Waals surface area contributed by atoms with Crippen molar-refractivity contribution in [1.29, 1.82) is 0 Å². The SMILES string of the molecule is CCOC(=O)c1ccc2c(c1)sc(=NC(=O)c1ccc(Cl)s1)n2C. The number of amides is 1. The van der Waals surface area contributed by atoms with Crippen LogP contribution in [0.4, 0.5) is 0 Å². The van der Waals surface area contributed by atoms with Crippen LogP contribution in [0.1, 0.15) is 27.0 Å². The number of nitrogens with zero attached hydrogens (tertiary/aromatic N) is 2. The molecule has 0 bridgehead atoms. The second-order valence-corrected chi connectivity index (χ2v) is 7.59. The van der Waals surface area contributed by atoms with Crippen molar-refractivity contribution in [3.05, 3.63) is 49.9 Å². The smallest absolute Gasteiger partial charge is 0.338 e. The molecule has 0 fully saturated rings. The number of thiazole rings is 1. The molecule has 2 heterocycles. The zero-order valence-corrected chi connectivity index (χ0v) is 15.3. The van der Waals surface area contributed by atoms with E-state index in [1.54, 1.807) is 31.2 Å². The number of hydrogen-bond donors (Lipinski definition) is 0. The molecular weight excluding hydrogens is 368 g/mol. The third-order valence-corrected chi connectivity index (χ3v) is 5.62. The van der Waals surface area contributed by atoms with Gasteiger partial charge in [-0.3, -0.25) is 4.79 Å². The Morgan fingerprint density at radius 1 is 1.25 bits per heavy atom. The van der Waals surface area contributed by atoms with Crippen molar-refractivity contribution in [2.24, 2.45) is 12.0 Å². The van der Waals surface area contributed by atoms with E-state index in [2.05, 4.69) is 4.99 Å². The first-order valence-corrected chi connectivity index (χ1v) is 9.11. The van der Waals surface area contributed by atoms with E-state index in [4.69, 9.17) is 16.3 Å². The maximum Gasteiger partial charge on any atom is 0.338 e. The lowest BCUT2D eigenvalue weighted by molar-refractivity contribution is 0.0526. The predicted octanol–water partition coefficient (Wildman–Crippen LogP) is 3.87. The van der Waals surface area contributed by atoms with E-state index in [-0.39, 0.29) is 11.9 Å². The maximum absolute atomic E-state index is 12.2. The first-order valence-electron chi connectivity index (χ1n) is 7.10. The van der Waals surface area contributed by atoms with Gasteiger partial charge in [0.2, 0.25) is 0 Å². The summed E-state index contributed by atoms with van der Waals surface area (Å²) in [6.07, 6.45) is 0. The summed E-state index contributed by atoms with van der Waals surface area (Å²) < 4.78 is 8.24. The van der Waals surface area contributed by atoms with Crippen molar-refractivity contribution < 1.29 is 14.3 Å². The van der Waals surface area contributed by atoms with Gasteiger partial charge in [-0.15, -0.1) is 11.3 Å². The number of esters is 1. The molecule has 0 aliphatic carbocycles. The Morgan fingerprint density at radius 2 is 2.04 bits per heavy atom. The summed E-state index contributed by atoms with van der Waals surface area (Å²) in [6.45, 7) is 2.09. The van der Waals surface area contributed by atoms with Crippen molar-refractivity contribution in [1.82, 2.24) is 4.57 Å². The van der Waals surface area contributed by atoms with Gasteiger partial charge in [0.25, 0.3) is 5.91 Å². The Hall–Kier alpha value is -1.96. The van der Waals surface area contributed by atoms with Gasteiger partial charge >= 0.3 is 5.97 Å². The van der Waals surface area contributed by atoms with Crippen LogP contribution in [-0.2, 0) is 11.8 Å². The molecule has 0 spiro atoms. The van der Waals surface area contributed by atoms with Gasteiger partial charge in [0.1, 0.15) is 0 Å². The molecule has 0 atom stereocenters. The molecule has 0 saturated carbocycles. The second-order valence-electron chi connectivity index (χ2n) is 4.87. The molecule has 3 rings (SSSR count). The monoisotopic (exact) mass is 380 g/mol. The molecule has 3 aromatic rings. The highest BCUT2D eigenvalue weighted by molar-refractivity contribution is 7.18. The van der Waals surface area contributed by atoms with Crippen LogP contribution in [0.5, 0.6) is 0 Å². The van der Waals surface area contributed by atoms with E-state index in [9.17, 15) is 9.59 Å². The Labute approximate surface area is 150 Å². The number of hydrogen-bond acceptors (Lipinski definition) is 5. The lowest BCUT2D eigenvalue weighted by Crippen LogP contribution is -2.12. The van der Waals surface area contributed by atoms with E-state index in [1.165, 1.54) is 22.7 Å². The molecule has 124 valence electrons. The molecule has 8 heteroatoms. The molecule has 0 unspecified atom stereocenters. The minimum Gasteiger partial charge on any atom is -0.462 e. The van der Waals surface area contributed by atoms with Gasteiger partial charge in [-0.25, -0.2) is 4.79 Å². The summed E-state index contributed by atoms with van der Waals surface area (Å²) in [5.41, 5.74) is 1.37. The summed E-state index contributed by atoms with van der Waals surface area (Å²) in [5.74, 6) is -0.696. The van der Waals surface area contributed by atoms with E-state index < -0.39 is 0 Å². The normalized spacial score (nSPS) is 11.9. The van der Waals surface area contributed by atoms with E-state index in [0.717, 1.165) is 10.2 Å². The fourth-order valence-electron chi connectivity index (χ4n) is 2.15. The second kappa shape index (κ2) is 6.88. The van der Waals surface area contributed by atoms with Crippen LogP contribution in [0.25, 0.3) is 10.2 Å². The predicted molar refractivity (Wildman–Crippen MR) is 96.0 cm³/mol. The van der Waals surface area contributed by atoms with Gasteiger partial charge in [-0.2, -0.15) is 4.99 Å². The topological polar surface area (TPSA) is 60.7 Å². The fraction of sp³-hybridized carbons (Fsp3) is 0.188.